The average Bonchev–Trinajstić information content (AvgIpc) is 3.15. The molecule has 0 saturated heterocycles. The molecule has 8 nitrogen and oxygen atoms in total. The maximum absolute atomic E-state index is 11.8. The SMILES string of the molecule is COc1ccc(-c2noc(CCCC(=O)NCCCOC(C)C)n2)cc1OC. The normalized spacial score (nSPS) is 10.9. The predicted octanol–water partition coefficient (Wildman–Crippen LogP) is 3.01. The Bertz CT molecular complexity index is 745. The highest BCUT2D eigenvalue weighted by atomic mass is 16.5. The van der Waals surface area contributed by atoms with Gasteiger partial charge in [-0.3, -0.25) is 4.79 Å². The first-order valence-corrected chi connectivity index (χ1v) is 9.46. The van der Waals surface area contributed by atoms with Crippen molar-refractivity contribution >= 4 is 5.91 Å². The molecule has 1 aromatic carbocycles. The van der Waals surface area contributed by atoms with Crippen molar-refractivity contribution in [2.24, 2.45) is 0 Å². The number of nitrogens with one attached hydrogen (secondary N) is 1. The van der Waals surface area contributed by atoms with Gasteiger partial charge in [-0.05, 0) is 44.9 Å². The molecule has 1 amide bonds. The van der Waals surface area contributed by atoms with Crippen LogP contribution in [0.2, 0.25) is 0 Å². The van der Waals surface area contributed by atoms with Gasteiger partial charge in [0, 0.05) is 31.6 Å². The fraction of sp³-hybridized carbons (Fsp3) is 0.550. The monoisotopic (exact) mass is 391 g/mol. The summed E-state index contributed by atoms with van der Waals surface area (Å²) in [7, 11) is 3.16. The van der Waals surface area contributed by atoms with Crippen LogP contribution in [0.3, 0.4) is 0 Å². The van der Waals surface area contributed by atoms with E-state index in [1.54, 1.807) is 26.4 Å². The van der Waals surface area contributed by atoms with Gasteiger partial charge in [0.15, 0.2) is 11.5 Å². The Labute approximate surface area is 165 Å². The van der Waals surface area contributed by atoms with Crippen LogP contribution in [0.15, 0.2) is 22.7 Å². The summed E-state index contributed by atoms with van der Waals surface area (Å²) in [4.78, 5) is 16.2. The van der Waals surface area contributed by atoms with Crippen LogP contribution in [-0.4, -0.2) is 49.5 Å². The van der Waals surface area contributed by atoms with Gasteiger partial charge in [0.25, 0.3) is 0 Å². The van der Waals surface area contributed by atoms with E-state index in [0.717, 1.165) is 12.0 Å². The second kappa shape index (κ2) is 11.3. The van der Waals surface area contributed by atoms with Gasteiger partial charge in [-0.1, -0.05) is 5.16 Å². The van der Waals surface area contributed by atoms with Crippen LogP contribution in [-0.2, 0) is 16.0 Å². The molecule has 0 bridgehead atoms. The first-order valence-electron chi connectivity index (χ1n) is 9.46. The molecule has 0 aliphatic heterocycles. The molecule has 0 unspecified atom stereocenters. The number of carbonyl (C=O) groups excluding carboxylic acids is 1. The number of aryl methyl sites for hydroxylation is 1. The summed E-state index contributed by atoms with van der Waals surface area (Å²) in [6.45, 7) is 5.26. The van der Waals surface area contributed by atoms with Crippen LogP contribution in [0.5, 0.6) is 11.5 Å². The molecule has 0 saturated carbocycles. The molecule has 0 spiro atoms. The Kier molecular flexibility index (Phi) is 8.74. The molecule has 1 aromatic heterocycles. The lowest BCUT2D eigenvalue weighted by Crippen LogP contribution is -2.25. The van der Waals surface area contributed by atoms with Crippen LogP contribution in [0.1, 0.15) is 39.0 Å². The topological polar surface area (TPSA) is 95.7 Å². The van der Waals surface area contributed by atoms with Gasteiger partial charge >= 0.3 is 0 Å². The van der Waals surface area contributed by atoms with E-state index in [0.29, 0.717) is 55.6 Å². The predicted molar refractivity (Wildman–Crippen MR) is 104 cm³/mol. The van der Waals surface area contributed by atoms with E-state index in [2.05, 4.69) is 15.5 Å². The number of benzene rings is 1. The molecule has 8 heteroatoms. The van der Waals surface area contributed by atoms with Gasteiger partial charge in [0.1, 0.15) is 0 Å². The maximum atomic E-state index is 11.8. The zero-order chi connectivity index (χ0) is 20.4. The highest BCUT2D eigenvalue weighted by molar-refractivity contribution is 5.75. The lowest BCUT2D eigenvalue weighted by Gasteiger charge is -2.08. The molecule has 0 aliphatic carbocycles. The van der Waals surface area contributed by atoms with Crippen molar-refractivity contribution in [3.8, 4) is 22.9 Å². The molecule has 0 aliphatic rings. The van der Waals surface area contributed by atoms with Gasteiger partial charge in [0.2, 0.25) is 17.6 Å². The maximum Gasteiger partial charge on any atom is 0.226 e. The first-order chi connectivity index (χ1) is 13.5. The van der Waals surface area contributed by atoms with Crippen molar-refractivity contribution in [3.63, 3.8) is 0 Å². The van der Waals surface area contributed by atoms with Crippen LogP contribution in [0, 0.1) is 0 Å². The summed E-state index contributed by atoms with van der Waals surface area (Å²) in [6.07, 6.45) is 2.63. The lowest BCUT2D eigenvalue weighted by molar-refractivity contribution is -0.121. The second-order valence-electron chi connectivity index (χ2n) is 6.56. The largest absolute Gasteiger partial charge is 0.493 e. The number of aromatic nitrogens is 2. The smallest absolute Gasteiger partial charge is 0.226 e. The Hall–Kier alpha value is -2.61. The summed E-state index contributed by atoms with van der Waals surface area (Å²) in [5.74, 6) is 2.23. The Morgan fingerprint density at radius 3 is 2.68 bits per heavy atom. The minimum Gasteiger partial charge on any atom is -0.493 e. The van der Waals surface area contributed by atoms with E-state index < -0.39 is 0 Å². The highest BCUT2D eigenvalue weighted by Crippen LogP contribution is 2.31. The molecule has 0 atom stereocenters. The molecule has 0 radical (unpaired) electrons. The van der Waals surface area contributed by atoms with E-state index in [1.807, 2.05) is 19.9 Å². The minimum atomic E-state index is 0.0178. The molecule has 1 heterocycles. The number of ether oxygens (including phenoxy) is 3. The van der Waals surface area contributed by atoms with Gasteiger partial charge in [-0.25, -0.2) is 0 Å². The Morgan fingerprint density at radius 2 is 1.96 bits per heavy atom. The standard InChI is InChI=1S/C20H29N3O5/c1-14(2)27-12-6-11-21-18(24)7-5-8-19-22-20(23-28-19)15-9-10-16(25-3)17(13-15)26-4/h9-10,13-14H,5-8,11-12H2,1-4H3,(H,21,24). The summed E-state index contributed by atoms with van der Waals surface area (Å²) in [6, 6.07) is 5.43. The fourth-order valence-electron chi connectivity index (χ4n) is 2.56. The van der Waals surface area contributed by atoms with Crippen molar-refractivity contribution in [3.05, 3.63) is 24.1 Å². The number of amides is 1. The number of hydrogen-bond donors (Lipinski definition) is 1. The molecule has 0 fully saturated rings. The molecule has 28 heavy (non-hydrogen) atoms. The van der Waals surface area contributed by atoms with E-state index in [1.165, 1.54) is 0 Å². The van der Waals surface area contributed by atoms with E-state index in [-0.39, 0.29) is 12.0 Å². The summed E-state index contributed by atoms with van der Waals surface area (Å²) in [5.41, 5.74) is 0.772. The molecular weight excluding hydrogens is 362 g/mol. The third-order valence-corrected chi connectivity index (χ3v) is 4.00. The molecule has 2 rings (SSSR count). The van der Waals surface area contributed by atoms with Crippen LogP contribution >= 0.6 is 0 Å². The van der Waals surface area contributed by atoms with Crippen molar-refractivity contribution in [2.75, 3.05) is 27.4 Å². The lowest BCUT2D eigenvalue weighted by atomic mass is 10.2. The molecule has 1 N–H and O–H groups in total. The second-order valence-corrected chi connectivity index (χ2v) is 6.56. The quantitative estimate of drug-likeness (QED) is 0.556. The average molecular weight is 391 g/mol. The number of rotatable bonds is 12. The number of nitrogens with zero attached hydrogens (tertiary/aromatic N) is 2. The van der Waals surface area contributed by atoms with Crippen molar-refractivity contribution in [1.82, 2.24) is 15.5 Å². The van der Waals surface area contributed by atoms with Crippen LogP contribution in [0.25, 0.3) is 11.4 Å². The van der Waals surface area contributed by atoms with Crippen molar-refractivity contribution < 1.29 is 23.5 Å². The number of methoxy groups -OCH3 is 2. The van der Waals surface area contributed by atoms with Gasteiger partial charge < -0.3 is 24.1 Å². The highest BCUT2D eigenvalue weighted by Gasteiger charge is 2.12. The number of hydrogen-bond acceptors (Lipinski definition) is 7. The summed E-state index contributed by atoms with van der Waals surface area (Å²) in [5, 5.41) is 6.89. The number of carbonyl (C=O) groups is 1. The Morgan fingerprint density at radius 1 is 1.18 bits per heavy atom. The third kappa shape index (κ3) is 6.84. The summed E-state index contributed by atoms with van der Waals surface area (Å²) < 4.78 is 21.2. The van der Waals surface area contributed by atoms with E-state index in [9.17, 15) is 4.79 Å². The zero-order valence-corrected chi connectivity index (χ0v) is 17.0. The van der Waals surface area contributed by atoms with E-state index >= 15 is 0 Å². The summed E-state index contributed by atoms with van der Waals surface area (Å²) >= 11 is 0. The van der Waals surface area contributed by atoms with E-state index in [4.69, 9.17) is 18.7 Å². The molecular formula is C20H29N3O5. The molecule has 154 valence electrons. The Balaban J connectivity index is 1.75. The van der Waals surface area contributed by atoms with Crippen molar-refractivity contribution in [2.45, 2.75) is 45.6 Å². The first kappa shape index (κ1) is 21.7. The zero-order valence-electron chi connectivity index (χ0n) is 17.0. The van der Waals surface area contributed by atoms with Crippen LogP contribution in [0.4, 0.5) is 0 Å². The van der Waals surface area contributed by atoms with Gasteiger partial charge in [0.05, 0.1) is 20.3 Å². The van der Waals surface area contributed by atoms with Crippen molar-refractivity contribution in [1.29, 1.82) is 0 Å². The third-order valence-electron chi connectivity index (χ3n) is 4.00. The van der Waals surface area contributed by atoms with Gasteiger partial charge in [-0.2, -0.15) is 4.98 Å². The molecule has 2 aromatic rings. The van der Waals surface area contributed by atoms with Crippen LogP contribution < -0.4 is 14.8 Å². The fourth-order valence-corrected chi connectivity index (χ4v) is 2.56. The van der Waals surface area contributed by atoms with Gasteiger partial charge in [-0.15, -0.1) is 0 Å². The minimum absolute atomic E-state index is 0.0178.